The van der Waals surface area contributed by atoms with Crippen molar-refractivity contribution >= 4 is 23.7 Å². The second-order valence-electron chi connectivity index (χ2n) is 5.60. The highest BCUT2D eigenvalue weighted by molar-refractivity contribution is 6.10. The van der Waals surface area contributed by atoms with Crippen molar-refractivity contribution in [3.05, 3.63) is 77.1 Å². The van der Waals surface area contributed by atoms with Crippen LogP contribution in [0.5, 0.6) is 5.75 Å². The number of phenolic OH excluding ortho intramolecular Hbond substituents is 1. The highest BCUT2D eigenvalue weighted by atomic mass is 19.4. The van der Waals surface area contributed by atoms with Crippen LogP contribution in [0.2, 0.25) is 0 Å². The Morgan fingerprint density at radius 3 is 2.11 bits per heavy atom. The third-order valence-corrected chi connectivity index (χ3v) is 3.47. The minimum absolute atomic E-state index is 0.0674. The number of rotatable bonds is 6. The van der Waals surface area contributed by atoms with E-state index in [9.17, 15) is 27.2 Å². The Morgan fingerprint density at radius 1 is 0.926 bits per heavy atom. The van der Waals surface area contributed by atoms with Gasteiger partial charge in [0.25, 0.3) is 0 Å². The summed E-state index contributed by atoms with van der Waals surface area (Å²) in [5.41, 5.74) is -0.945. The summed E-state index contributed by atoms with van der Waals surface area (Å²) in [6.07, 6.45) is -0.922. The predicted octanol–water partition coefficient (Wildman–Crippen LogP) is 4.81. The van der Waals surface area contributed by atoms with Crippen LogP contribution in [0.4, 0.5) is 17.6 Å². The molecule has 27 heavy (non-hydrogen) atoms. The van der Waals surface area contributed by atoms with Crippen LogP contribution in [0.3, 0.4) is 0 Å². The topological polar surface area (TPSA) is 54.4 Å². The van der Waals surface area contributed by atoms with Crippen molar-refractivity contribution in [2.75, 3.05) is 0 Å². The zero-order valence-corrected chi connectivity index (χ0v) is 13.8. The van der Waals surface area contributed by atoms with Crippen LogP contribution in [-0.2, 0) is 15.8 Å². The van der Waals surface area contributed by atoms with Crippen molar-refractivity contribution in [2.45, 2.75) is 12.6 Å². The molecule has 0 spiro atoms. The fourth-order valence-corrected chi connectivity index (χ4v) is 2.17. The Morgan fingerprint density at radius 2 is 1.52 bits per heavy atom. The average Bonchev–Trinajstić information content (AvgIpc) is 2.59. The van der Waals surface area contributed by atoms with Gasteiger partial charge in [0, 0.05) is 0 Å². The normalized spacial score (nSPS) is 12.0. The first-order valence-electron chi connectivity index (χ1n) is 7.73. The molecule has 0 amide bonds. The first-order valence-corrected chi connectivity index (χ1v) is 7.73. The predicted molar refractivity (Wildman–Crippen MR) is 92.2 cm³/mol. The largest absolute Gasteiger partial charge is 0.508 e. The van der Waals surface area contributed by atoms with E-state index in [1.54, 1.807) is 12.1 Å². The Bertz CT molecular complexity index is 894. The van der Waals surface area contributed by atoms with Crippen molar-refractivity contribution in [1.82, 2.24) is 0 Å². The number of carbonyl (C=O) groups excluding carboxylic acids is 2. The monoisotopic (exact) mass is 378 g/mol. The molecule has 0 aliphatic carbocycles. The van der Waals surface area contributed by atoms with E-state index in [1.165, 1.54) is 18.2 Å². The van der Waals surface area contributed by atoms with Crippen LogP contribution in [0, 0.1) is 5.82 Å². The summed E-state index contributed by atoms with van der Waals surface area (Å²) in [6.45, 7) is 0. The summed E-state index contributed by atoms with van der Waals surface area (Å²) in [5, 5.41) is 9.16. The maximum absolute atomic E-state index is 13.0. The molecule has 0 bridgehead atoms. The van der Waals surface area contributed by atoms with E-state index in [1.807, 2.05) is 0 Å². The summed E-state index contributed by atoms with van der Waals surface area (Å²) in [7, 11) is 0. The lowest BCUT2D eigenvalue weighted by Gasteiger charge is -2.10. The number of halogens is 4. The molecule has 0 radical (unpaired) electrons. The molecular weight excluding hydrogens is 364 g/mol. The molecule has 0 unspecified atom stereocenters. The van der Waals surface area contributed by atoms with E-state index < -0.39 is 35.5 Å². The lowest BCUT2D eigenvalue weighted by atomic mass is 10.0. The number of phenols is 1. The molecule has 140 valence electrons. The molecule has 2 aromatic rings. The van der Waals surface area contributed by atoms with Crippen LogP contribution in [0.15, 0.2) is 54.6 Å². The van der Waals surface area contributed by atoms with Crippen LogP contribution in [-0.4, -0.2) is 16.7 Å². The van der Waals surface area contributed by atoms with E-state index in [-0.39, 0.29) is 11.3 Å². The Balaban J connectivity index is 2.03. The number of allylic oxidation sites excluding steroid dienone is 2. The number of benzene rings is 2. The number of carbonyl (C=O) groups is 2. The third-order valence-electron chi connectivity index (χ3n) is 3.47. The van der Waals surface area contributed by atoms with Gasteiger partial charge >= 0.3 is 6.18 Å². The van der Waals surface area contributed by atoms with Gasteiger partial charge in [0.15, 0.2) is 11.6 Å². The van der Waals surface area contributed by atoms with Gasteiger partial charge in [-0.3, -0.25) is 9.59 Å². The molecule has 2 rings (SSSR count). The maximum Gasteiger partial charge on any atom is 0.417 e. The second kappa shape index (κ2) is 8.44. The molecule has 0 saturated heterocycles. The van der Waals surface area contributed by atoms with E-state index in [2.05, 4.69) is 0 Å². The van der Waals surface area contributed by atoms with E-state index in [0.29, 0.717) is 11.6 Å². The molecule has 0 saturated carbocycles. The van der Waals surface area contributed by atoms with Crippen LogP contribution in [0.1, 0.15) is 23.1 Å². The second-order valence-corrected chi connectivity index (χ2v) is 5.60. The molecule has 0 aliphatic heterocycles. The first kappa shape index (κ1) is 20.1. The van der Waals surface area contributed by atoms with Crippen LogP contribution >= 0.6 is 0 Å². The molecule has 7 heteroatoms. The highest BCUT2D eigenvalue weighted by Crippen LogP contribution is 2.33. The van der Waals surface area contributed by atoms with E-state index in [0.717, 1.165) is 30.4 Å². The number of alkyl halides is 3. The van der Waals surface area contributed by atoms with Gasteiger partial charge in [0.2, 0.25) is 0 Å². The van der Waals surface area contributed by atoms with Gasteiger partial charge in [-0.2, -0.15) is 13.2 Å². The number of hydrogen-bond acceptors (Lipinski definition) is 3. The molecular formula is C20H14F4O3. The summed E-state index contributed by atoms with van der Waals surface area (Å²) in [4.78, 5) is 23.5. The first-order chi connectivity index (χ1) is 12.6. The molecule has 3 nitrogen and oxygen atoms in total. The molecule has 0 aliphatic rings. The minimum atomic E-state index is -4.77. The lowest BCUT2D eigenvalue weighted by Crippen LogP contribution is -2.08. The fraction of sp³-hybridized carbons (Fsp3) is 0.100. The number of aromatic hydroxyl groups is 1. The highest BCUT2D eigenvalue weighted by Gasteiger charge is 2.33. The Labute approximate surface area is 152 Å². The van der Waals surface area contributed by atoms with Crippen molar-refractivity contribution in [1.29, 1.82) is 0 Å². The van der Waals surface area contributed by atoms with Gasteiger partial charge in [-0.05, 0) is 47.5 Å². The molecule has 0 fully saturated rings. The number of ketones is 2. The molecule has 0 aromatic heterocycles. The van der Waals surface area contributed by atoms with Gasteiger partial charge in [-0.15, -0.1) is 0 Å². The van der Waals surface area contributed by atoms with Gasteiger partial charge in [-0.1, -0.05) is 30.4 Å². The van der Waals surface area contributed by atoms with Crippen LogP contribution < -0.4 is 0 Å². The van der Waals surface area contributed by atoms with E-state index in [4.69, 9.17) is 5.11 Å². The quantitative estimate of drug-likeness (QED) is 0.446. The van der Waals surface area contributed by atoms with Gasteiger partial charge in [0.1, 0.15) is 11.6 Å². The Hall–Kier alpha value is -3.22. The van der Waals surface area contributed by atoms with Gasteiger partial charge < -0.3 is 5.11 Å². The van der Waals surface area contributed by atoms with Crippen molar-refractivity contribution in [3.8, 4) is 5.75 Å². The van der Waals surface area contributed by atoms with Crippen molar-refractivity contribution in [2.24, 2.45) is 0 Å². The average molecular weight is 378 g/mol. The van der Waals surface area contributed by atoms with Crippen molar-refractivity contribution in [3.63, 3.8) is 0 Å². The van der Waals surface area contributed by atoms with Gasteiger partial charge in [-0.25, -0.2) is 4.39 Å². The van der Waals surface area contributed by atoms with Gasteiger partial charge in [0.05, 0.1) is 12.0 Å². The summed E-state index contributed by atoms with van der Waals surface area (Å²) in [5.74, 6) is -2.20. The molecule has 0 atom stereocenters. The summed E-state index contributed by atoms with van der Waals surface area (Å²) >= 11 is 0. The zero-order valence-electron chi connectivity index (χ0n) is 13.8. The van der Waals surface area contributed by atoms with Crippen LogP contribution in [0.25, 0.3) is 12.2 Å². The van der Waals surface area contributed by atoms with E-state index >= 15 is 0 Å². The molecule has 0 heterocycles. The lowest BCUT2D eigenvalue weighted by molar-refractivity contribution is -0.138. The smallest absolute Gasteiger partial charge is 0.417 e. The molecule has 2 aromatic carbocycles. The third kappa shape index (κ3) is 6.22. The Kier molecular flexibility index (Phi) is 6.28. The maximum atomic E-state index is 13.0. The van der Waals surface area contributed by atoms with Crippen molar-refractivity contribution < 1.29 is 32.3 Å². The molecule has 1 N–H and O–H groups in total. The summed E-state index contributed by atoms with van der Waals surface area (Å²) in [6, 6.07) is 8.09. The minimum Gasteiger partial charge on any atom is -0.508 e. The fourth-order valence-electron chi connectivity index (χ4n) is 2.17. The number of hydrogen-bond donors (Lipinski definition) is 1. The summed E-state index contributed by atoms with van der Waals surface area (Å²) < 4.78 is 51.7. The SMILES string of the molecule is O=C(/C=C/c1ccc(O)cc1)CC(=O)/C=C/c1ccc(F)cc1C(F)(F)F. The zero-order chi connectivity index (χ0) is 20.0. The standard InChI is InChI=1S/C20H14F4O3/c21-15-6-4-14(19(11-15)20(22,23)24)5-10-18(27)12-17(26)9-3-13-1-7-16(25)8-2-13/h1-11,25H,12H2/b9-3+,10-5+.